The van der Waals surface area contributed by atoms with E-state index in [1.54, 1.807) is 0 Å². The minimum absolute atomic E-state index is 0.379. The molecule has 0 atom stereocenters. The van der Waals surface area contributed by atoms with Crippen LogP contribution in [-0.2, 0) is 6.18 Å². The third-order valence-electron chi connectivity index (χ3n) is 1.71. The van der Waals surface area contributed by atoms with Gasteiger partial charge < -0.3 is 0 Å². The molecule has 1 heterocycles. The van der Waals surface area contributed by atoms with E-state index in [-0.39, 0.29) is 3.57 Å². The van der Waals surface area contributed by atoms with Gasteiger partial charge in [0.25, 0.3) is 12.1 Å². The summed E-state index contributed by atoms with van der Waals surface area (Å²) in [5.74, 6) is 0. The van der Waals surface area contributed by atoms with Crippen LogP contribution in [0.3, 0.4) is 0 Å². The highest BCUT2D eigenvalue weighted by Crippen LogP contribution is 2.41. The Morgan fingerprint density at radius 2 is 1.94 bits per heavy atom. The molecule has 0 radical (unpaired) electrons. The SMILES string of the molecule is O=[N+]([O-])c1c(I)cnc(C(F)(F)F)c1C(F)F. The first kappa shape index (κ1) is 14.0. The molecule has 0 aromatic carbocycles. The summed E-state index contributed by atoms with van der Waals surface area (Å²) in [6.45, 7) is 0. The van der Waals surface area contributed by atoms with Crippen molar-refractivity contribution in [1.82, 2.24) is 4.98 Å². The molecule has 1 aromatic rings. The van der Waals surface area contributed by atoms with E-state index in [0.29, 0.717) is 6.20 Å². The van der Waals surface area contributed by atoms with Gasteiger partial charge in [0, 0.05) is 6.20 Å². The molecule has 0 fully saturated rings. The molecule has 0 amide bonds. The molecule has 10 heteroatoms. The van der Waals surface area contributed by atoms with E-state index < -0.39 is 34.5 Å². The van der Waals surface area contributed by atoms with Crippen molar-refractivity contribution in [2.45, 2.75) is 12.6 Å². The number of hydrogen-bond donors (Lipinski definition) is 0. The molecule has 0 aliphatic rings. The Balaban J connectivity index is 3.65. The second-order valence-corrected chi connectivity index (χ2v) is 3.93. The van der Waals surface area contributed by atoms with Gasteiger partial charge in [-0.3, -0.25) is 10.1 Å². The fourth-order valence-electron chi connectivity index (χ4n) is 1.11. The lowest BCUT2D eigenvalue weighted by molar-refractivity contribution is -0.387. The maximum absolute atomic E-state index is 12.5. The van der Waals surface area contributed by atoms with Crippen molar-refractivity contribution in [1.29, 1.82) is 0 Å². The van der Waals surface area contributed by atoms with Crippen molar-refractivity contribution < 1.29 is 26.9 Å². The molecule has 0 unspecified atom stereocenters. The van der Waals surface area contributed by atoms with Gasteiger partial charge in [0.2, 0.25) is 0 Å². The van der Waals surface area contributed by atoms with Crippen LogP contribution in [0.5, 0.6) is 0 Å². The topological polar surface area (TPSA) is 56.0 Å². The number of nitro groups is 1. The molecule has 1 aromatic heterocycles. The molecule has 0 aliphatic carbocycles. The van der Waals surface area contributed by atoms with Crippen LogP contribution in [0.15, 0.2) is 6.20 Å². The predicted molar refractivity (Wildman–Crippen MR) is 53.6 cm³/mol. The Bertz CT molecular complexity index is 462. The predicted octanol–water partition coefficient (Wildman–Crippen LogP) is 3.55. The lowest BCUT2D eigenvalue weighted by atomic mass is 10.1. The monoisotopic (exact) mass is 368 g/mol. The van der Waals surface area contributed by atoms with E-state index in [0.717, 1.165) is 0 Å². The third kappa shape index (κ3) is 2.79. The van der Waals surface area contributed by atoms with Crippen LogP contribution in [-0.4, -0.2) is 9.91 Å². The van der Waals surface area contributed by atoms with Crippen molar-refractivity contribution in [3.05, 3.63) is 31.1 Å². The number of nitrogens with zero attached hydrogens (tertiary/aromatic N) is 2. The molecular formula is C7H2F5IN2O2. The molecule has 0 N–H and O–H groups in total. The average Bonchev–Trinajstić information content (AvgIpc) is 2.14. The summed E-state index contributed by atoms with van der Waals surface area (Å²) in [7, 11) is 0. The first-order valence-electron chi connectivity index (χ1n) is 3.84. The highest BCUT2D eigenvalue weighted by atomic mass is 127. The minimum atomic E-state index is -5.17. The van der Waals surface area contributed by atoms with Gasteiger partial charge in [0.05, 0.1) is 4.92 Å². The van der Waals surface area contributed by atoms with E-state index >= 15 is 0 Å². The molecule has 0 saturated carbocycles. The second kappa shape index (κ2) is 4.66. The van der Waals surface area contributed by atoms with Crippen LogP contribution in [0.2, 0.25) is 0 Å². The standard InChI is InChI=1S/C7H2F5IN2O2/c8-6(9)3-4(15(16)17)2(13)1-14-5(3)7(10,11)12/h1,6H. The quantitative estimate of drug-likeness (QED) is 0.347. The van der Waals surface area contributed by atoms with Crippen molar-refractivity contribution in [2.24, 2.45) is 0 Å². The summed E-state index contributed by atoms with van der Waals surface area (Å²) in [4.78, 5) is 12.0. The molecule has 4 nitrogen and oxygen atoms in total. The Morgan fingerprint density at radius 3 is 2.29 bits per heavy atom. The van der Waals surface area contributed by atoms with Gasteiger partial charge in [0.1, 0.15) is 9.13 Å². The van der Waals surface area contributed by atoms with Gasteiger partial charge >= 0.3 is 6.18 Å². The van der Waals surface area contributed by atoms with Gasteiger partial charge in [0.15, 0.2) is 5.69 Å². The summed E-state index contributed by atoms with van der Waals surface area (Å²) >= 11 is 1.27. The zero-order valence-corrected chi connectivity index (χ0v) is 9.79. The molecule has 0 saturated heterocycles. The number of pyridine rings is 1. The Kier molecular flexibility index (Phi) is 3.84. The molecule has 1 rings (SSSR count). The molecule has 0 spiro atoms. The van der Waals surface area contributed by atoms with E-state index in [1.807, 2.05) is 0 Å². The van der Waals surface area contributed by atoms with Crippen LogP contribution in [0.1, 0.15) is 17.7 Å². The van der Waals surface area contributed by atoms with Crippen LogP contribution >= 0.6 is 22.6 Å². The summed E-state index contributed by atoms with van der Waals surface area (Å²) in [6.07, 6.45) is -8.26. The maximum atomic E-state index is 12.5. The largest absolute Gasteiger partial charge is 0.434 e. The van der Waals surface area contributed by atoms with Gasteiger partial charge in [-0.15, -0.1) is 0 Å². The lowest BCUT2D eigenvalue weighted by Gasteiger charge is -2.11. The number of rotatable bonds is 2. The molecule has 94 valence electrons. The zero-order chi connectivity index (χ0) is 13.4. The first-order valence-corrected chi connectivity index (χ1v) is 4.92. The van der Waals surface area contributed by atoms with E-state index in [9.17, 15) is 32.1 Å². The van der Waals surface area contributed by atoms with Gasteiger partial charge in [-0.05, 0) is 22.6 Å². The van der Waals surface area contributed by atoms with Gasteiger partial charge in [-0.25, -0.2) is 13.8 Å². The maximum Gasteiger partial charge on any atom is 0.434 e. The van der Waals surface area contributed by atoms with Crippen molar-refractivity contribution in [3.63, 3.8) is 0 Å². The summed E-state index contributed by atoms with van der Waals surface area (Å²) in [5.41, 5.74) is -4.89. The summed E-state index contributed by atoms with van der Waals surface area (Å²) in [6, 6.07) is 0. The summed E-state index contributed by atoms with van der Waals surface area (Å²) < 4.78 is 61.7. The molecular weight excluding hydrogens is 366 g/mol. The number of alkyl halides is 5. The van der Waals surface area contributed by atoms with Gasteiger partial charge in [-0.1, -0.05) is 0 Å². The van der Waals surface area contributed by atoms with E-state index in [2.05, 4.69) is 4.98 Å². The van der Waals surface area contributed by atoms with Crippen LogP contribution in [0.4, 0.5) is 27.6 Å². The number of aromatic nitrogens is 1. The Labute approximate surface area is 104 Å². The summed E-state index contributed by atoms with van der Waals surface area (Å²) in [5, 5.41) is 10.5. The second-order valence-electron chi connectivity index (χ2n) is 2.77. The highest BCUT2D eigenvalue weighted by molar-refractivity contribution is 14.1. The molecule has 0 bridgehead atoms. The van der Waals surface area contributed by atoms with Crippen molar-refractivity contribution in [2.75, 3.05) is 0 Å². The first-order chi connectivity index (χ1) is 7.66. The third-order valence-corrected chi connectivity index (χ3v) is 2.50. The van der Waals surface area contributed by atoms with Crippen LogP contribution < -0.4 is 0 Å². The van der Waals surface area contributed by atoms with Crippen molar-refractivity contribution >= 4 is 28.3 Å². The molecule has 0 aliphatic heterocycles. The Morgan fingerprint density at radius 1 is 1.41 bits per heavy atom. The van der Waals surface area contributed by atoms with Crippen LogP contribution in [0.25, 0.3) is 0 Å². The number of hydrogen-bond acceptors (Lipinski definition) is 3. The van der Waals surface area contributed by atoms with Crippen LogP contribution in [0, 0.1) is 13.7 Å². The minimum Gasteiger partial charge on any atom is -0.258 e. The van der Waals surface area contributed by atoms with E-state index in [4.69, 9.17) is 0 Å². The van der Waals surface area contributed by atoms with Gasteiger partial charge in [-0.2, -0.15) is 13.2 Å². The zero-order valence-electron chi connectivity index (χ0n) is 7.63. The molecule has 17 heavy (non-hydrogen) atoms. The fourth-order valence-corrected chi connectivity index (χ4v) is 1.74. The number of halogens is 6. The average molecular weight is 368 g/mol. The smallest absolute Gasteiger partial charge is 0.258 e. The fraction of sp³-hybridized carbons (Fsp3) is 0.286. The van der Waals surface area contributed by atoms with Crippen molar-refractivity contribution in [3.8, 4) is 0 Å². The highest BCUT2D eigenvalue weighted by Gasteiger charge is 2.42. The normalized spacial score (nSPS) is 11.9. The lowest BCUT2D eigenvalue weighted by Crippen LogP contribution is -2.15. The van der Waals surface area contributed by atoms with E-state index in [1.165, 1.54) is 22.6 Å². The Hall–Kier alpha value is -1.07.